The number of esters is 1. The maximum atomic E-state index is 12.2. The summed E-state index contributed by atoms with van der Waals surface area (Å²) in [7, 11) is 0. The molecule has 0 radical (unpaired) electrons. The van der Waals surface area contributed by atoms with Crippen LogP contribution >= 0.6 is 11.8 Å². The van der Waals surface area contributed by atoms with Crippen molar-refractivity contribution in [1.82, 2.24) is 14.6 Å². The van der Waals surface area contributed by atoms with Crippen LogP contribution in [0.5, 0.6) is 0 Å². The van der Waals surface area contributed by atoms with Gasteiger partial charge in [-0.2, -0.15) is 0 Å². The molecule has 26 heavy (non-hydrogen) atoms. The van der Waals surface area contributed by atoms with Gasteiger partial charge in [0.1, 0.15) is 6.10 Å². The minimum atomic E-state index is -0.160. The van der Waals surface area contributed by atoms with Crippen molar-refractivity contribution in [2.45, 2.75) is 57.2 Å². The van der Waals surface area contributed by atoms with Gasteiger partial charge in [0.05, 0.1) is 11.3 Å². The number of hydrogen-bond donors (Lipinski definition) is 0. The minimum Gasteiger partial charge on any atom is -0.462 e. The lowest BCUT2D eigenvalue weighted by Crippen LogP contribution is -2.22. The first-order chi connectivity index (χ1) is 12.6. The summed E-state index contributed by atoms with van der Waals surface area (Å²) < 4.78 is 7.67. The number of rotatable bonds is 4. The van der Waals surface area contributed by atoms with E-state index in [1.165, 1.54) is 23.7 Å². The van der Waals surface area contributed by atoms with E-state index in [1.54, 1.807) is 0 Å². The molecule has 1 saturated carbocycles. The molecular weight excluding hydrogens is 346 g/mol. The van der Waals surface area contributed by atoms with Gasteiger partial charge in [0.15, 0.2) is 10.8 Å². The van der Waals surface area contributed by atoms with Crippen LogP contribution in [-0.4, -0.2) is 32.4 Å². The molecule has 0 aliphatic heterocycles. The molecule has 0 N–H and O–H groups in total. The van der Waals surface area contributed by atoms with Crippen molar-refractivity contribution in [3.05, 3.63) is 35.4 Å². The van der Waals surface area contributed by atoms with E-state index in [-0.39, 0.29) is 17.8 Å². The Labute approximate surface area is 157 Å². The predicted octanol–water partition coefficient (Wildman–Crippen LogP) is 4.47. The Morgan fingerprint density at radius 3 is 2.81 bits per heavy atom. The number of carbonyl (C=O) groups excluding carboxylic acids is 1. The van der Waals surface area contributed by atoms with Gasteiger partial charge >= 0.3 is 5.97 Å². The largest absolute Gasteiger partial charge is 0.462 e. The fourth-order valence-electron chi connectivity index (χ4n) is 3.63. The second kappa shape index (κ2) is 7.27. The molecule has 5 nitrogen and oxygen atoms in total. The Bertz CT molecular complexity index is 960. The third kappa shape index (κ3) is 3.43. The molecule has 0 bridgehead atoms. The van der Waals surface area contributed by atoms with Crippen LogP contribution in [0, 0.1) is 13.8 Å². The van der Waals surface area contributed by atoms with Crippen molar-refractivity contribution in [2.24, 2.45) is 0 Å². The topological polar surface area (TPSA) is 56.5 Å². The third-order valence-electron chi connectivity index (χ3n) is 4.95. The van der Waals surface area contributed by atoms with Gasteiger partial charge < -0.3 is 4.74 Å². The van der Waals surface area contributed by atoms with Crippen LogP contribution in [-0.2, 0) is 9.53 Å². The summed E-state index contributed by atoms with van der Waals surface area (Å²) in [5.41, 5.74) is 4.17. The summed E-state index contributed by atoms with van der Waals surface area (Å²) in [6.45, 7) is 4.11. The van der Waals surface area contributed by atoms with Gasteiger partial charge in [-0.1, -0.05) is 30.3 Å². The predicted molar refractivity (Wildman–Crippen MR) is 104 cm³/mol. The molecule has 1 aliphatic rings. The number of benzene rings is 1. The monoisotopic (exact) mass is 369 g/mol. The van der Waals surface area contributed by atoms with Gasteiger partial charge in [-0.15, -0.1) is 10.2 Å². The molecule has 4 rings (SSSR count). The molecule has 0 amide bonds. The van der Waals surface area contributed by atoms with Crippen LogP contribution in [0.1, 0.15) is 43.2 Å². The van der Waals surface area contributed by atoms with Gasteiger partial charge in [-0.25, -0.2) is 0 Å². The molecule has 1 aromatic carbocycles. The molecular formula is C20H23N3O2S. The summed E-state index contributed by atoms with van der Waals surface area (Å²) >= 11 is 1.40. The molecule has 6 heteroatoms. The summed E-state index contributed by atoms with van der Waals surface area (Å²) in [6.07, 6.45) is 5.65. The number of fused-ring (bicyclic) bond motifs is 3. The van der Waals surface area contributed by atoms with E-state index >= 15 is 0 Å². The van der Waals surface area contributed by atoms with Crippen LogP contribution in [0.25, 0.3) is 16.6 Å². The zero-order valence-electron chi connectivity index (χ0n) is 15.2. The van der Waals surface area contributed by atoms with Gasteiger partial charge in [-0.3, -0.25) is 9.20 Å². The first-order valence-electron chi connectivity index (χ1n) is 9.19. The number of thioether (sulfide) groups is 1. The normalized spacial score (nSPS) is 15.6. The van der Waals surface area contributed by atoms with Crippen molar-refractivity contribution < 1.29 is 9.53 Å². The van der Waals surface area contributed by atoms with Crippen LogP contribution < -0.4 is 0 Å². The Morgan fingerprint density at radius 1 is 1.19 bits per heavy atom. The minimum absolute atomic E-state index is 0.0951. The molecule has 1 aliphatic carbocycles. The molecule has 0 saturated heterocycles. The quantitative estimate of drug-likeness (QED) is 0.502. The van der Waals surface area contributed by atoms with Crippen LogP contribution in [0.15, 0.2) is 29.4 Å². The summed E-state index contributed by atoms with van der Waals surface area (Å²) in [6, 6.07) is 8.48. The van der Waals surface area contributed by atoms with Crippen molar-refractivity contribution in [3.8, 4) is 0 Å². The highest BCUT2D eigenvalue weighted by Crippen LogP contribution is 2.27. The molecule has 3 aromatic rings. The maximum Gasteiger partial charge on any atom is 0.316 e. The number of ether oxygens (including phenoxy) is 1. The van der Waals surface area contributed by atoms with Gasteiger partial charge in [-0.05, 0) is 68.2 Å². The molecule has 0 spiro atoms. The number of carbonyl (C=O) groups is 1. The van der Waals surface area contributed by atoms with Gasteiger partial charge in [0.25, 0.3) is 0 Å². The van der Waals surface area contributed by atoms with Crippen molar-refractivity contribution in [2.75, 3.05) is 5.75 Å². The average molecular weight is 369 g/mol. The fraction of sp³-hybridized carbons (Fsp3) is 0.450. The fourth-order valence-corrected chi connectivity index (χ4v) is 4.36. The molecule has 136 valence electrons. The zero-order valence-corrected chi connectivity index (χ0v) is 16.0. The Kier molecular flexibility index (Phi) is 4.85. The van der Waals surface area contributed by atoms with E-state index in [0.717, 1.165) is 53.0 Å². The third-order valence-corrected chi connectivity index (χ3v) is 5.86. The maximum absolute atomic E-state index is 12.2. The van der Waals surface area contributed by atoms with Gasteiger partial charge in [0, 0.05) is 0 Å². The van der Waals surface area contributed by atoms with E-state index in [0.29, 0.717) is 0 Å². The number of aromatic nitrogens is 3. The molecule has 1 fully saturated rings. The SMILES string of the molecule is Cc1ccc2cc(C)c3nnc(SCC(=O)OC4CCCCC4)n3c2c1. The second-order valence-electron chi connectivity index (χ2n) is 7.07. The first-order valence-corrected chi connectivity index (χ1v) is 10.2. The number of aryl methyl sites for hydroxylation is 2. The lowest BCUT2D eigenvalue weighted by molar-refractivity contribution is -0.147. The highest BCUT2D eigenvalue weighted by molar-refractivity contribution is 7.99. The Morgan fingerprint density at radius 2 is 2.00 bits per heavy atom. The van der Waals surface area contributed by atoms with E-state index in [4.69, 9.17) is 4.74 Å². The second-order valence-corrected chi connectivity index (χ2v) is 8.01. The van der Waals surface area contributed by atoms with Crippen LogP contribution in [0.4, 0.5) is 0 Å². The number of pyridine rings is 1. The van der Waals surface area contributed by atoms with Gasteiger partial charge in [0.2, 0.25) is 0 Å². The Hall–Kier alpha value is -2.08. The summed E-state index contributed by atoms with van der Waals surface area (Å²) in [5, 5.41) is 10.5. The summed E-state index contributed by atoms with van der Waals surface area (Å²) in [5.74, 6) is 0.102. The molecule has 2 heterocycles. The lowest BCUT2D eigenvalue weighted by atomic mass is 9.98. The molecule has 0 unspecified atom stereocenters. The van der Waals surface area contributed by atoms with E-state index in [1.807, 2.05) is 6.92 Å². The standard InChI is InChI=1S/C20H23N3O2S/c1-13-8-9-15-11-14(2)19-21-22-20(23(19)17(15)10-13)26-12-18(24)25-16-6-4-3-5-7-16/h8-11,16H,3-7,12H2,1-2H3. The molecule has 2 aromatic heterocycles. The van der Waals surface area contributed by atoms with E-state index in [2.05, 4.69) is 45.8 Å². The van der Waals surface area contributed by atoms with Crippen molar-refractivity contribution >= 4 is 34.3 Å². The van der Waals surface area contributed by atoms with Crippen molar-refractivity contribution in [3.63, 3.8) is 0 Å². The number of hydrogen-bond acceptors (Lipinski definition) is 5. The van der Waals surface area contributed by atoms with Crippen molar-refractivity contribution in [1.29, 1.82) is 0 Å². The molecule has 0 atom stereocenters. The van der Waals surface area contributed by atoms with Crippen LogP contribution in [0.3, 0.4) is 0 Å². The lowest BCUT2D eigenvalue weighted by Gasteiger charge is -2.21. The zero-order chi connectivity index (χ0) is 18.1. The first kappa shape index (κ1) is 17.3. The summed E-state index contributed by atoms with van der Waals surface area (Å²) in [4.78, 5) is 12.2. The Balaban J connectivity index is 1.57. The highest BCUT2D eigenvalue weighted by Gasteiger charge is 2.19. The van der Waals surface area contributed by atoms with E-state index in [9.17, 15) is 4.79 Å². The number of nitrogens with zero attached hydrogens (tertiary/aromatic N) is 3. The smallest absolute Gasteiger partial charge is 0.316 e. The average Bonchev–Trinajstić information content (AvgIpc) is 3.07. The highest BCUT2D eigenvalue weighted by atomic mass is 32.2. The van der Waals surface area contributed by atoms with Crippen LogP contribution in [0.2, 0.25) is 0 Å². The van der Waals surface area contributed by atoms with E-state index < -0.39 is 0 Å².